The molecule has 0 bridgehead atoms. The molecule has 0 spiro atoms. The number of aryl methyl sites for hydroxylation is 1. The fraction of sp³-hybridized carbons (Fsp3) is 0.158. The molecule has 3 aromatic rings. The third-order valence-corrected chi connectivity index (χ3v) is 5.46. The van der Waals surface area contributed by atoms with Crippen LogP contribution >= 0.6 is 0 Å². The molecule has 0 radical (unpaired) electrons. The van der Waals surface area contributed by atoms with Crippen LogP contribution in [-0.2, 0) is 27.8 Å². The molecule has 0 saturated heterocycles. The van der Waals surface area contributed by atoms with Crippen LogP contribution in [0.4, 0.5) is 5.69 Å². The molecule has 0 aliphatic rings. The number of carbonyl (C=O) groups excluding carboxylic acids is 1. The second kappa shape index (κ2) is 8.15. The molecular formula is C19H20N4O3S. The zero-order valence-corrected chi connectivity index (χ0v) is 15.4. The van der Waals surface area contributed by atoms with Gasteiger partial charge < -0.3 is 10.3 Å². The number of rotatable bonds is 8. The van der Waals surface area contributed by atoms with Crippen molar-refractivity contribution in [1.29, 1.82) is 0 Å². The summed E-state index contributed by atoms with van der Waals surface area (Å²) < 4.78 is 27.4. The summed E-state index contributed by atoms with van der Waals surface area (Å²) in [5.41, 5.74) is 2.90. The Balaban J connectivity index is 1.65. The Morgan fingerprint density at radius 2 is 2.00 bits per heavy atom. The van der Waals surface area contributed by atoms with Crippen LogP contribution in [0, 0.1) is 0 Å². The first-order chi connectivity index (χ1) is 13.0. The summed E-state index contributed by atoms with van der Waals surface area (Å²) in [5.74, 6) is -0.424. The first-order valence-electron chi connectivity index (χ1n) is 8.38. The number of aromatic amines is 1. The average molecular weight is 384 g/mol. The summed E-state index contributed by atoms with van der Waals surface area (Å²) in [6, 6.07) is 10.8. The molecule has 8 heteroatoms. The van der Waals surface area contributed by atoms with E-state index in [1.54, 1.807) is 42.7 Å². The van der Waals surface area contributed by atoms with Crippen molar-refractivity contribution in [3.63, 3.8) is 0 Å². The van der Waals surface area contributed by atoms with Crippen molar-refractivity contribution in [2.24, 2.45) is 0 Å². The molecule has 0 saturated carbocycles. The van der Waals surface area contributed by atoms with Crippen molar-refractivity contribution in [1.82, 2.24) is 14.7 Å². The minimum Gasteiger partial charge on any atom is -0.346 e. The van der Waals surface area contributed by atoms with Gasteiger partial charge in [0.1, 0.15) is 5.65 Å². The van der Waals surface area contributed by atoms with Crippen molar-refractivity contribution in [2.45, 2.75) is 13.0 Å². The fourth-order valence-corrected chi connectivity index (χ4v) is 3.73. The third-order valence-electron chi connectivity index (χ3n) is 4.13. The van der Waals surface area contributed by atoms with E-state index in [9.17, 15) is 13.2 Å². The maximum absolute atomic E-state index is 12.4. The van der Waals surface area contributed by atoms with E-state index in [1.807, 2.05) is 6.07 Å². The number of pyridine rings is 1. The molecule has 140 valence electrons. The Morgan fingerprint density at radius 1 is 1.19 bits per heavy atom. The summed E-state index contributed by atoms with van der Waals surface area (Å²) in [5, 5.41) is 3.58. The smallest absolute Gasteiger partial charge is 0.247 e. The van der Waals surface area contributed by atoms with Crippen LogP contribution in [0.5, 0.6) is 0 Å². The summed E-state index contributed by atoms with van der Waals surface area (Å²) >= 11 is 0. The summed E-state index contributed by atoms with van der Waals surface area (Å²) in [6.45, 7) is 3.61. The van der Waals surface area contributed by atoms with E-state index >= 15 is 0 Å². The summed E-state index contributed by atoms with van der Waals surface area (Å²) in [4.78, 5) is 18.7. The van der Waals surface area contributed by atoms with Crippen LogP contribution in [0.1, 0.15) is 11.1 Å². The number of amides is 1. The van der Waals surface area contributed by atoms with E-state index in [-0.39, 0.29) is 24.6 Å². The lowest BCUT2D eigenvalue weighted by Gasteiger charge is -2.11. The van der Waals surface area contributed by atoms with E-state index in [1.165, 1.54) is 6.08 Å². The van der Waals surface area contributed by atoms with Crippen molar-refractivity contribution in [3.05, 3.63) is 72.6 Å². The number of sulfonamides is 1. The zero-order chi connectivity index (χ0) is 19.3. The Bertz CT molecular complexity index is 1070. The number of para-hydroxylation sites is 1. The lowest BCUT2D eigenvalue weighted by molar-refractivity contribution is -0.111. The average Bonchev–Trinajstić information content (AvgIpc) is 3.15. The van der Waals surface area contributed by atoms with Gasteiger partial charge in [-0.1, -0.05) is 24.8 Å². The number of nitrogens with zero attached hydrogens (tertiary/aromatic N) is 1. The molecule has 7 nitrogen and oxygen atoms in total. The van der Waals surface area contributed by atoms with Crippen LogP contribution in [0.2, 0.25) is 0 Å². The minimum absolute atomic E-state index is 0.0880. The molecular weight excluding hydrogens is 364 g/mol. The number of benzene rings is 1. The number of hydrogen-bond acceptors (Lipinski definition) is 4. The number of aromatic nitrogens is 2. The minimum atomic E-state index is -3.49. The molecule has 3 N–H and O–H groups in total. The Kier molecular flexibility index (Phi) is 5.68. The van der Waals surface area contributed by atoms with Gasteiger partial charge in [0.05, 0.1) is 5.75 Å². The molecule has 3 rings (SSSR count). The van der Waals surface area contributed by atoms with E-state index in [2.05, 4.69) is 26.6 Å². The van der Waals surface area contributed by atoms with Crippen molar-refractivity contribution >= 4 is 32.7 Å². The molecule has 1 amide bonds. The first-order valence-corrected chi connectivity index (χ1v) is 10.0. The Labute approximate surface area is 157 Å². The number of H-pyrrole nitrogens is 1. The highest BCUT2D eigenvalue weighted by Gasteiger charge is 2.13. The largest absolute Gasteiger partial charge is 0.346 e. The van der Waals surface area contributed by atoms with Gasteiger partial charge in [0.25, 0.3) is 0 Å². The van der Waals surface area contributed by atoms with Crippen LogP contribution in [0.25, 0.3) is 11.0 Å². The van der Waals surface area contributed by atoms with E-state index < -0.39 is 10.0 Å². The molecule has 0 aliphatic carbocycles. The molecule has 27 heavy (non-hydrogen) atoms. The lowest BCUT2D eigenvalue weighted by Crippen LogP contribution is -2.27. The second-order valence-electron chi connectivity index (χ2n) is 5.95. The number of anilines is 1. The Hall–Kier alpha value is -2.97. The molecule has 0 atom stereocenters. The molecule has 2 heterocycles. The van der Waals surface area contributed by atoms with Crippen molar-refractivity contribution in [3.8, 4) is 0 Å². The highest BCUT2D eigenvalue weighted by Crippen LogP contribution is 2.17. The van der Waals surface area contributed by atoms with Crippen LogP contribution in [0.15, 0.2) is 61.4 Å². The summed E-state index contributed by atoms with van der Waals surface area (Å²) in [6.07, 6.45) is 4.86. The van der Waals surface area contributed by atoms with Crippen LogP contribution in [0.3, 0.4) is 0 Å². The monoisotopic (exact) mass is 384 g/mol. The topological polar surface area (TPSA) is 104 Å². The number of hydrogen-bond donors (Lipinski definition) is 3. The summed E-state index contributed by atoms with van der Waals surface area (Å²) in [7, 11) is -3.49. The quantitative estimate of drug-likeness (QED) is 0.519. The number of nitrogens with one attached hydrogen (secondary N) is 3. The van der Waals surface area contributed by atoms with Gasteiger partial charge in [-0.05, 0) is 41.8 Å². The second-order valence-corrected chi connectivity index (χ2v) is 7.88. The van der Waals surface area contributed by atoms with E-state index in [0.29, 0.717) is 5.69 Å². The predicted octanol–water partition coefficient (Wildman–Crippen LogP) is 2.35. The highest BCUT2D eigenvalue weighted by molar-refractivity contribution is 7.89. The van der Waals surface area contributed by atoms with Gasteiger partial charge in [0, 0.05) is 30.0 Å². The molecule has 0 aliphatic heterocycles. The van der Waals surface area contributed by atoms with Gasteiger partial charge in [0.2, 0.25) is 15.9 Å². The van der Waals surface area contributed by atoms with Gasteiger partial charge in [-0.2, -0.15) is 0 Å². The number of carbonyl (C=O) groups is 1. The first kappa shape index (κ1) is 18.8. The number of fused-ring (bicyclic) bond motifs is 1. The van der Waals surface area contributed by atoms with Gasteiger partial charge in [-0.15, -0.1) is 0 Å². The zero-order valence-electron chi connectivity index (χ0n) is 14.6. The fourth-order valence-electron chi connectivity index (χ4n) is 2.72. The third kappa shape index (κ3) is 4.81. The normalized spacial score (nSPS) is 11.4. The molecule has 2 aromatic heterocycles. The highest BCUT2D eigenvalue weighted by atomic mass is 32.2. The molecule has 0 fully saturated rings. The van der Waals surface area contributed by atoms with Gasteiger partial charge in [0.15, 0.2) is 0 Å². The maximum atomic E-state index is 12.4. The van der Waals surface area contributed by atoms with Crippen LogP contribution < -0.4 is 10.0 Å². The molecule has 1 aromatic carbocycles. The SMILES string of the molecule is C=CC(=O)Nc1ccccc1CCS(=O)(=O)NCc1ccnc2[nH]ccc12. The predicted molar refractivity (Wildman–Crippen MR) is 106 cm³/mol. The van der Waals surface area contributed by atoms with E-state index in [4.69, 9.17) is 0 Å². The standard InChI is InChI=1S/C19H20N4O3S/c1-2-18(24)23-17-6-4-3-5-14(17)9-12-27(25,26)22-13-15-7-10-20-19-16(15)8-11-21-19/h2-8,10-11,22H,1,9,12-13H2,(H,20,21)(H,23,24). The van der Waals surface area contributed by atoms with Gasteiger partial charge >= 0.3 is 0 Å². The Morgan fingerprint density at radius 3 is 2.81 bits per heavy atom. The van der Waals surface area contributed by atoms with Crippen molar-refractivity contribution < 1.29 is 13.2 Å². The van der Waals surface area contributed by atoms with Gasteiger partial charge in [-0.25, -0.2) is 18.1 Å². The van der Waals surface area contributed by atoms with Crippen molar-refractivity contribution in [2.75, 3.05) is 11.1 Å². The maximum Gasteiger partial charge on any atom is 0.247 e. The van der Waals surface area contributed by atoms with Gasteiger partial charge in [-0.3, -0.25) is 4.79 Å². The molecule has 0 unspecified atom stereocenters. The lowest BCUT2D eigenvalue weighted by atomic mass is 10.1. The van der Waals surface area contributed by atoms with Crippen LogP contribution in [-0.4, -0.2) is 30.0 Å². The van der Waals surface area contributed by atoms with E-state index in [0.717, 1.165) is 22.2 Å².